The van der Waals surface area contributed by atoms with Gasteiger partial charge in [-0.1, -0.05) is 18.2 Å². The van der Waals surface area contributed by atoms with Crippen molar-refractivity contribution in [1.82, 2.24) is 9.72 Å². The zero-order valence-electron chi connectivity index (χ0n) is 13.1. The molecule has 0 spiro atoms. The Hall–Kier alpha value is -2.95. The molecule has 23 heavy (non-hydrogen) atoms. The molecule has 0 aliphatic rings. The molecule has 3 rings (SSSR count). The number of carbonyl (C=O) groups is 1. The fourth-order valence-electron chi connectivity index (χ4n) is 2.55. The first-order chi connectivity index (χ1) is 11.2. The van der Waals surface area contributed by atoms with Gasteiger partial charge < -0.3 is 19.2 Å². The zero-order chi connectivity index (χ0) is 16.2. The fraction of sp³-hybridized carbons (Fsp3) is 0.167. The van der Waals surface area contributed by atoms with Gasteiger partial charge >= 0.3 is 0 Å². The number of rotatable bonds is 5. The van der Waals surface area contributed by atoms with Crippen molar-refractivity contribution in [2.75, 3.05) is 14.2 Å². The van der Waals surface area contributed by atoms with Gasteiger partial charge in [-0.3, -0.25) is 4.79 Å². The lowest BCUT2D eigenvalue weighted by molar-refractivity contribution is 0.0950. The highest BCUT2D eigenvalue weighted by Gasteiger charge is 2.12. The number of benzene rings is 1. The van der Waals surface area contributed by atoms with E-state index in [9.17, 15) is 4.79 Å². The van der Waals surface area contributed by atoms with E-state index in [-0.39, 0.29) is 5.91 Å². The van der Waals surface area contributed by atoms with Gasteiger partial charge in [0, 0.05) is 30.0 Å². The van der Waals surface area contributed by atoms with Gasteiger partial charge in [-0.05, 0) is 24.3 Å². The monoisotopic (exact) mass is 310 g/mol. The lowest BCUT2D eigenvalue weighted by Crippen LogP contribution is -2.22. The maximum Gasteiger partial charge on any atom is 0.253 e. The van der Waals surface area contributed by atoms with Gasteiger partial charge in [0.15, 0.2) is 11.5 Å². The SMILES string of the molecule is COc1cccc(CNC(=O)c2cc3ccccn3c2)c1OC. The van der Waals surface area contributed by atoms with Crippen molar-refractivity contribution in [2.45, 2.75) is 6.54 Å². The Morgan fingerprint density at radius 1 is 1.13 bits per heavy atom. The van der Waals surface area contributed by atoms with Gasteiger partial charge in [-0.25, -0.2) is 0 Å². The number of hydrogen-bond acceptors (Lipinski definition) is 3. The van der Waals surface area contributed by atoms with Crippen LogP contribution in [0, 0.1) is 0 Å². The maximum absolute atomic E-state index is 12.3. The summed E-state index contributed by atoms with van der Waals surface area (Å²) in [5, 5.41) is 2.91. The normalized spacial score (nSPS) is 10.5. The van der Waals surface area contributed by atoms with Gasteiger partial charge in [0.2, 0.25) is 0 Å². The molecule has 0 bridgehead atoms. The molecule has 0 atom stereocenters. The summed E-state index contributed by atoms with van der Waals surface area (Å²) in [4.78, 5) is 12.3. The lowest BCUT2D eigenvalue weighted by atomic mass is 10.1. The summed E-state index contributed by atoms with van der Waals surface area (Å²) in [6, 6.07) is 13.3. The predicted octanol–water partition coefficient (Wildman–Crippen LogP) is 2.89. The highest BCUT2D eigenvalue weighted by molar-refractivity contribution is 5.95. The number of amides is 1. The molecule has 0 aliphatic heterocycles. The Balaban J connectivity index is 1.76. The highest BCUT2D eigenvalue weighted by Crippen LogP contribution is 2.30. The lowest BCUT2D eigenvalue weighted by Gasteiger charge is -2.12. The van der Waals surface area contributed by atoms with Crippen LogP contribution >= 0.6 is 0 Å². The van der Waals surface area contributed by atoms with Crippen LogP contribution in [0.3, 0.4) is 0 Å². The van der Waals surface area contributed by atoms with Gasteiger partial charge in [0.05, 0.1) is 19.8 Å². The first-order valence-electron chi connectivity index (χ1n) is 7.27. The number of hydrogen-bond donors (Lipinski definition) is 1. The van der Waals surface area contributed by atoms with Gasteiger partial charge in [-0.15, -0.1) is 0 Å². The molecule has 0 aliphatic carbocycles. The number of para-hydroxylation sites is 1. The summed E-state index contributed by atoms with van der Waals surface area (Å²) in [7, 11) is 3.18. The molecule has 2 aromatic heterocycles. The average molecular weight is 310 g/mol. The average Bonchev–Trinajstić information content (AvgIpc) is 3.03. The van der Waals surface area contributed by atoms with Crippen molar-refractivity contribution in [2.24, 2.45) is 0 Å². The molecule has 0 saturated heterocycles. The van der Waals surface area contributed by atoms with Crippen molar-refractivity contribution < 1.29 is 14.3 Å². The summed E-state index contributed by atoms with van der Waals surface area (Å²) < 4.78 is 12.6. The topological polar surface area (TPSA) is 52.0 Å². The van der Waals surface area contributed by atoms with E-state index in [0.29, 0.717) is 23.6 Å². The van der Waals surface area contributed by atoms with E-state index in [4.69, 9.17) is 9.47 Å². The highest BCUT2D eigenvalue weighted by atomic mass is 16.5. The van der Waals surface area contributed by atoms with Crippen molar-refractivity contribution in [3.63, 3.8) is 0 Å². The van der Waals surface area contributed by atoms with Crippen LogP contribution in [0.4, 0.5) is 0 Å². The Morgan fingerprint density at radius 3 is 2.74 bits per heavy atom. The minimum atomic E-state index is -0.126. The second kappa shape index (κ2) is 6.44. The van der Waals surface area contributed by atoms with Crippen LogP contribution in [-0.2, 0) is 6.54 Å². The number of aromatic nitrogens is 1. The molecule has 3 aromatic rings. The number of ether oxygens (including phenoxy) is 2. The van der Waals surface area contributed by atoms with Crippen LogP contribution in [0.25, 0.3) is 5.52 Å². The third kappa shape index (κ3) is 2.99. The summed E-state index contributed by atoms with van der Waals surface area (Å²) >= 11 is 0. The number of pyridine rings is 1. The summed E-state index contributed by atoms with van der Waals surface area (Å²) in [6.45, 7) is 0.366. The molecule has 0 unspecified atom stereocenters. The van der Waals surface area contributed by atoms with Crippen LogP contribution in [-0.4, -0.2) is 24.5 Å². The van der Waals surface area contributed by atoms with Gasteiger partial charge in [0.1, 0.15) is 0 Å². The first-order valence-corrected chi connectivity index (χ1v) is 7.27. The fourth-order valence-corrected chi connectivity index (χ4v) is 2.55. The molecule has 0 radical (unpaired) electrons. The molecule has 0 fully saturated rings. The number of methoxy groups -OCH3 is 2. The minimum Gasteiger partial charge on any atom is -0.493 e. The van der Waals surface area contributed by atoms with Crippen LogP contribution in [0.2, 0.25) is 0 Å². The molecule has 0 saturated carbocycles. The van der Waals surface area contributed by atoms with Crippen LogP contribution in [0.1, 0.15) is 15.9 Å². The Morgan fingerprint density at radius 2 is 2.00 bits per heavy atom. The van der Waals surface area contributed by atoms with Crippen LogP contribution < -0.4 is 14.8 Å². The van der Waals surface area contributed by atoms with E-state index in [1.54, 1.807) is 14.2 Å². The first kappa shape index (κ1) is 15.0. The third-order valence-electron chi connectivity index (χ3n) is 3.69. The number of nitrogens with one attached hydrogen (secondary N) is 1. The van der Waals surface area contributed by atoms with E-state index in [2.05, 4.69) is 5.32 Å². The Labute approximate surface area is 134 Å². The molecule has 5 nitrogen and oxygen atoms in total. The van der Waals surface area contributed by atoms with E-state index in [0.717, 1.165) is 11.1 Å². The standard InChI is InChI=1S/C18H18N2O3/c1-22-16-8-5-6-13(17(16)23-2)11-19-18(21)14-10-15-7-3-4-9-20(15)12-14/h3-10,12H,11H2,1-2H3,(H,19,21). The van der Waals surface area contributed by atoms with Crippen molar-refractivity contribution in [1.29, 1.82) is 0 Å². The Bertz CT molecular complexity index is 806. The van der Waals surface area contributed by atoms with Gasteiger partial charge in [0.25, 0.3) is 5.91 Å². The van der Waals surface area contributed by atoms with Crippen molar-refractivity contribution >= 4 is 11.4 Å². The van der Waals surface area contributed by atoms with E-state index >= 15 is 0 Å². The maximum atomic E-state index is 12.3. The summed E-state index contributed by atoms with van der Waals surface area (Å²) in [5.41, 5.74) is 2.47. The zero-order valence-corrected chi connectivity index (χ0v) is 13.1. The van der Waals surface area contributed by atoms with Crippen molar-refractivity contribution in [3.8, 4) is 11.5 Å². The minimum absolute atomic E-state index is 0.126. The van der Waals surface area contributed by atoms with E-state index in [1.165, 1.54) is 0 Å². The van der Waals surface area contributed by atoms with Crippen LogP contribution in [0.15, 0.2) is 54.9 Å². The molecular formula is C18H18N2O3. The molecule has 118 valence electrons. The third-order valence-corrected chi connectivity index (χ3v) is 3.69. The summed E-state index contributed by atoms with van der Waals surface area (Å²) in [6.07, 6.45) is 3.73. The second-order valence-corrected chi connectivity index (χ2v) is 5.10. The quantitative estimate of drug-likeness (QED) is 0.788. The smallest absolute Gasteiger partial charge is 0.253 e. The van der Waals surface area contributed by atoms with E-state index in [1.807, 2.05) is 59.3 Å². The molecule has 1 amide bonds. The number of nitrogens with zero attached hydrogens (tertiary/aromatic N) is 1. The Kier molecular flexibility index (Phi) is 4.19. The summed E-state index contributed by atoms with van der Waals surface area (Å²) in [5.74, 6) is 1.16. The molecule has 2 heterocycles. The number of fused-ring (bicyclic) bond motifs is 1. The number of carbonyl (C=O) groups excluding carboxylic acids is 1. The van der Waals surface area contributed by atoms with Crippen LogP contribution in [0.5, 0.6) is 11.5 Å². The second-order valence-electron chi connectivity index (χ2n) is 5.10. The van der Waals surface area contributed by atoms with E-state index < -0.39 is 0 Å². The van der Waals surface area contributed by atoms with Gasteiger partial charge in [-0.2, -0.15) is 0 Å². The molecule has 1 aromatic carbocycles. The largest absolute Gasteiger partial charge is 0.493 e. The molecular weight excluding hydrogens is 292 g/mol. The molecule has 5 heteroatoms. The van der Waals surface area contributed by atoms with Crippen molar-refractivity contribution in [3.05, 3.63) is 66.0 Å². The predicted molar refractivity (Wildman–Crippen MR) is 88.1 cm³/mol. The molecule has 1 N–H and O–H groups in total.